The van der Waals surface area contributed by atoms with Gasteiger partial charge in [-0.1, -0.05) is 26.0 Å². The van der Waals surface area contributed by atoms with E-state index in [1.165, 1.54) is 5.56 Å². The Kier molecular flexibility index (Phi) is 2.62. The molecule has 1 amide bonds. The van der Waals surface area contributed by atoms with Gasteiger partial charge in [0.15, 0.2) is 0 Å². The van der Waals surface area contributed by atoms with Crippen molar-refractivity contribution >= 4 is 17.3 Å². The highest BCUT2D eigenvalue weighted by Gasteiger charge is 2.15. The minimum Gasteiger partial charge on any atom is -0.383 e. The smallest absolute Gasteiger partial charge is 0.226 e. The first kappa shape index (κ1) is 10.0. The van der Waals surface area contributed by atoms with Gasteiger partial charge in [-0.3, -0.25) is 4.79 Å². The highest BCUT2D eigenvalue weighted by molar-refractivity contribution is 5.96. The van der Waals surface area contributed by atoms with Crippen molar-refractivity contribution in [2.45, 2.75) is 26.2 Å². The summed E-state index contributed by atoms with van der Waals surface area (Å²) in [7, 11) is 0. The third-order valence-electron chi connectivity index (χ3n) is 2.65. The lowest BCUT2D eigenvalue weighted by Crippen LogP contribution is -2.10. The van der Waals surface area contributed by atoms with E-state index in [0.29, 0.717) is 18.9 Å². The van der Waals surface area contributed by atoms with E-state index >= 15 is 0 Å². The maximum Gasteiger partial charge on any atom is 0.226 e. The Labute approximate surface area is 89.9 Å². The van der Waals surface area contributed by atoms with Crippen LogP contribution in [0.1, 0.15) is 31.7 Å². The molecule has 0 aliphatic carbocycles. The molecule has 0 saturated carbocycles. The summed E-state index contributed by atoms with van der Waals surface area (Å²) in [6.07, 6.45) is 0.534. The number of nitrogens with one attached hydrogen (secondary N) is 2. The summed E-state index contributed by atoms with van der Waals surface area (Å²) in [5.41, 5.74) is 3.25. The molecule has 2 N–H and O–H groups in total. The number of fused-ring (bicyclic) bond motifs is 1. The molecule has 0 radical (unpaired) electrons. The van der Waals surface area contributed by atoms with Crippen LogP contribution >= 0.6 is 0 Å². The molecule has 1 aromatic rings. The van der Waals surface area contributed by atoms with E-state index in [-0.39, 0.29) is 5.91 Å². The molecule has 3 heteroatoms. The Hall–Kier alpha value is -1.51. The third kappa shape index (κ3) is 1.96. The molecule has 1 heterocycles. The number of amides is 1. The van der Waals surface area contributed by atoms with Crippen molar-refractivity contribution in [3.05, 3.63) is 23.8 Å². The Balaban J connectivity index is 2.46. The molecule has 0 fully saturated rings. The zero-order valence-corrected chi connectivity index (χ0v) is 9.13. The number of benzene rings is 1. The van der Waals surface area contributed by atoms with Crippen LogP contribution in [-0.4, -0.2) is 12.5 Å². The molecule has 1 aliphatic heterocycles. The van der Waals surface area contributed by atoms with Crippen molar-refractivity contribution in [3.63, 3.8) is 0 Å². The van der Waals surface area contributed by atoms with Crippen LogP contribution in [-0.2, 0) is 4.79 Å². The summed E-state index contributed by atoms with van der Waals surface area (Å²) in [5.74, 6) is 0.546. The predicted octanol–water partition coefficient (Wildman–Crippen LogP) is 2.56. The number of anilines is 2. The molecule has 0 aromatic heterocycles. The molecule has 0 atom stereocenters. The van der Waals surface area contributed by atoms with Gasteiger partial charge in [0.05, 0.1) is 11.4 Å². The van der Waals surface area contributed by atoms with Gasteiger partial charge in [-0.05, 0) is 17.5 Å². The van der Waals surface area contributed by atoms with E-state index in [1.54, 1.807) is 0 Å². The van der Waals surface area contributed by atoms with Gasteiger partial charge < -0.3 is 10.6 Å². The van der Waals surface area contributed by atoms with E-state index in [0.717, 1.165) is 11.4 Å². The zero-order valence-electron chi connectivity index (χ0n) is 9.13. The summed E-state index contributed by atoms with van der Waals surface area (Å²) >= 11 is 0. The Bertz CT molecular complexity index is 385. The number of rotatable bonds is 1. The van der Waals surface area contributed by atoms with Crippen molar-refractivity contribution in [2.24, 2.45) is 0 Å². The number of carbonyl (C=O) groups excluding carboxylic acids is 1. The molecule has 2 rings (SSSR count). The van der Waals surface area contributed by atoms with Crippen LogP contribution in [0.3, 0.4) is 0 Å². The van der Waals surface area contributed by atoms with Gasteiger partial charge in [0.25, 0.3) is 0 Å². The van der Waals surface area contributed by atoms with Gasteiger partial charge in [-0.15, -0.1) is 0 Å². The molecule has 0 spiro atoms. The normalized spacial score (nSPS) is 15.3. The molecule has 3 nitrogen and oxygen atoms in total. The van der Waals surface area contributed by atoms with Crippen molar-refractivity contribution < 1.29 is 4.79 Å². The van der Waals surface area contributed by atoms with Gasteiger partial charge in [-0.2, -0.15) is 0 Å². The highest BCUT2D eigenvalue weighted by atomic mass is 16.1. The summed E-state index contributed by atoms with van der Waals surface area (Å²) in [4.78, 5) is 11.4. The van der Waals surface area contributed by atoms with Gasteiger partial charge in [0, 0.05) is 13.0 Å². The summed E-state index contributed by atoms with van der Waals surface area (Å²) in [6, 6.07) is 6.03. The van der Waals surface area contributed by atoms with Crippen molar-refractivity contribution in [3.8, 4) is 0 Å². The lowest BCUT2D eigenvalue weighted by molar-refractivity contribution is -0.115. The van der Waals surface area contributed by atoms with E-state index in [1.807, 2.05) is 12.1 Å². The second kappa shape index (κ2) is 3.93. The van der Waals surface area contributed by atoms with Crippen LogP contribution in [0.4, 0.5) is 11.4 Å². The fraction of sp³-hybridized carbons (Fsp3) is 0.417. The summed E-state index contributed by atoms with van der Waals surface area (Å²) in [6.45, 7) is 5.02. The van der Waals surface area contributed by atoms with Crippen molar-refractivity contribution in [2.75, 3.05) is 17.2 Å². The van der Waals surface area contributed by atoms with E-state index in [9.17, 15) is 4.79 Å². The summed E-state index contributed by atoms with van der Waals surface area (Å²) in [5, 5.41) is 6.24. The van der Waals surface area contributed by atoms with Crippen LogP contribution in [0.25, 0.3) is 0 Å². The first-order valence-electron chi connectivity index (χ1n) is 5.35. The second-order valence-corrected chi connectivity index (χ2v) is 4.15. The van der Waals surface area contributed by atoms with Gasteiger partial charge in [0.1, 0.15) is 0 Å². The van der Waals surface area contributed by atoms with E-state index in [4.69, 9.17) is 0 Å². The van der Waals surface area contributed by atoms with Gasteiger partial charge in [0.2, 0.25) is 5.91 Å². The number of hydrogen-bond donors (Lipinski definition) is 2. The second-order valence-electron chi connectivity index (χ2n) is 4.15. The molecular formula is C12H16N2O. The van der Waals surface area contributed by atoms with Gasteiger partial charge >= 0.3 is 0 Å². The predicted molar refractivity (Wildman–Crippen MR) is 62.3 cm³/mol. The molecule has 80 valence electrons. The average molecular weight is 204 g/mol. The topological polar surface area (TPSA) is 41.1 Å². The molecule has 0 unspecified atom stereocenters. The summed E-state index contributed by atoms with van der Waals surface area (Å²) < 4.78 is 0. The van der Waals surface area contributed by atoms with Gasteiger partial charge in [-0.25, -0.2) is 0 Å². The largest absolute Gasteiger partial charge is 0.383 e. The minimum atomic E-state index is 0.0853. The quantitative estimate of drug-likeness (QED) is 0.738. The molecule has 0 saturated heterocycles. The van der Waals surface area contributed by atoms with Crippen LogP contribution < -0.4 is 10.6 Å². The maximum absolute atomic E-state index is 11.4. The molecule has 1 aromatic carbocycles. The Morgan fingerprint density at radius 3 is 2.87 bits per heavy atom. The highest BCUT2D eigenvalue weighted by Crippen LogP contribution is 2.32. The van der Waals surface area contributed by atoms with Crippen LogP contribution in [0.5, 0.6) is 0 Å². The van der Waals surface area contributed by atoms with Crippen LogP contribution in [0, 0.1) is 0 Å². The monoisotopic (exact) mass is 204 g/mol. The van der Waals surface area contributed by atoms with E-state index in [2.05, 4.69) is 30.5 Å². The van der Waals surface area contributed by atoms with Crippen molar-refractivity contribution in [1.82, 2.24) is 0 Å². The lowest BCUT2D eigenvalue weighted by atomic mass is 10.00. The first-order valence-corrected chi connectivity index (χ1v) is 5.35. The minimum absolute atomic E-state index is 0.0853. The van der Waals surface area contributed by atoms with E-state index < -0.39 is 0 Å². The standard InChI is InChI=1S/C12H16N2O/c1-8(2)9-4-3-5-10-12(9)13-7-6-11(15)14-10/h3-5,8,13H,6-7H2,1-2H3,(H,14,15). The molecule has 0 bridgehead atoms. The fourth-order valence-electron chi connectivity index (χ4n) is 1.87. The molecular weight excluding hydrogens is 188 g/mol. The number of hydrogen-bond acceptors (Lipinski definition) is 2. The first-order chi connectivity index (χ1) is 7.18. The molecule has 1 aliphatic rings. The number of para-hydroxylation sites is 1. The van der Waals surface area contributed by atoms with Crippen LogP contribution in [0.15, 0.2) is 18.2 Å². The number of carbonyl (C=O) groups is 1. The lowest BCUT2D eigenvalue weighted by Gasteiger charge is -2.15. The average Bonchev–Trinajstić information content (AvgIpc) is 2.37. The van der Waals surface area contributed by atoms with Crippen LogP contribution in [0.2, 0.25) is 0 Å². The fourth-order valence-corrected chi connectivity index (χ4v) is 1.87. The third-order valence-corrected chi connectivity index (χ3v) is 2.65. The maximum atomic E-state index is 11.4. The zero-order chi connectivity index (χ0) is 10.8. The SMILES string of the molecule is CC(C)c1cccc2c1NCCC(=O)N2. The Morgan fingerprint density at radius 1 is 1.33 bits per heavy atom. The van der Waals surface area contributed by atoms with Crippen molar-refractivity contribution in [1.29, 1.82) is 0 Å². The Morgan fingerprint density at radius 2 is 2.13 bits per heavy atom. The molecule has 15 heavy (non-hydrogen) atoms.